The molecule has 0 amide bonds. The summed E-state index contributed by atoms with van der Waals surface area (Å²) in [6.07, 6.45) is -1.36. The van der Waals surface area contributed by atoms with Crippen LogP contribution in [0.25, 0.3) is 0 Å². The molecule has 0 radical (unpaired) electrons. The van der Waals surface area contributed by atoms with Crippen molar-refractivity contribution >= 4 is 5.97 Å². The first-order chi connectivity index (χ1) is 8.01. The van der Waals surface area contributed by atoms with Crippen LogP contribution in [-0.4, -0.2) is 36.4 Å². The van der Waals surface area contributed by atoms with Gasteiger partial charge in [-0.05, 0) is 18.2 Å². The molecule has 6 heteroatoms. The zero-order valence-corrected chi connectivity index (χ0v) is 9.58. The maximum Gasteiger partial charge on any atom is 0.323 e. The van der Waals surface area contributed by atoms with Gasteiger partial charge in [0, 0.05) is 5.56 Å². The summed E-state index contributed by atoms with van der Waals surface area (Å²) in [6.45, 7) is 0. The van der Waals surface area contributed by atoms with Gasteiger partial charge in [-0.3, -0.25) is 4.79 Å². The Morgan fingerprint density at radius 3 is 2.47 bits per heavy atom. The zero-order valence-electron chi connectivity index (χ0n) is 9.58. The summed E-state index contributed by atoms with van der Waals surface area (Å²) in [5.74, 6) is -0.449. The molecule has 0 bridgehead atoms. The third kappa shape index (κ3) is 2.86. The normalized spacial score (nSPS) is 13.9. The molecule has 0 saturated carbocycles. The smallest absolute Gasteiger partial charge is 0.323 e. The molecule has 0 aliphatic heterocycles. The minimum atomic E-state index is -1.42. The van der Waals surface area contributed by atoms with Crippen LogP contribution in [0.3, 0.4) is 0 Å². The Labute approximate surface area is 98.6 Å². The molecular weight excluding hydrogens is 226 g/mol. The Bertz CT molecular complexity index is 407. The van der Waals surface area contributed by atoms with Crippen molar-refractivity contribution < 1.29 is 24.5 Å². The summed E-state index contributed by atoms with van der Waals surface area (Å²) in [4.78, 5) is 10.7. The number of rotatable bonds is 5. The molecule has 0 unspecified atom stereocenters. The van der Waals surface area contributed by atoms with E-state index in [9.17, 15) is 9.90 Å². The predicted octanol–water partition coefficient (Wildman–Crippen LogP) is 0.149. The number of nitrogens with two attached hydrogens (primary N) is 1. The molecule has 2 atom stereocenters. The number of hydrogen-bond acceptors (Lipinski definition) is 5. The highest BCUT2D eigenvalue weighted by Gasteiger charge is 2.26. The van der Waals surface area contributed by atoms with E-state index in [1.807, 2.05) is 0 Å². The Hall–Kier alpha value is -1.79. The minimum absolute atomic E-state index is 0.279. The molecule has 0 fully saturated rings. The average Bonchev–Trinajstić information content (AvgIpc) is 2.35. The van der Waals surface area contributed by atoms with E-state index in [-0.39, 0.29) is 5.56 Å². The van der Waals surface area contributed by atoms with Crippen molar-refractivity contribution in [2.45, 2.75) is 12.1 Å². The molecule has 1 aromatic rings. The maximum atomic E-state index is 10.7. The molecular formula is C11H15NO5. The van der Waals surface area contributed by atoms with Gasteiger partial charge in [-0.1, -0.05) is 0 Å². The SMILES string of the molecule is COc1ccc(OC)c([C@@H](O)[C@H](N)C(=O)O)c1. The van der Waals surface area contributed by atoms with E-state index in [0.29, 0.717) is 11.5 Å². The molecule has 1 aromatic carbocycles. The monoisotopic (exact) mass is 241 g/mol. The second-order valence-electron chi connectivity index (χ2n) is 3.42. The topological polar surface area (TPSA) is 102 Å². The highest BCUT2D eigenvalue weighted by atomic mass is 16.5. The molecule has 0 aromatic heterocycles. The quantitative estimate of drug-likeness (QED) is 0.678. The average molecular weight is 241 g/mol. The van der Waals surface area contributed by atoms with Gasteiger partial charge in [-0.15, -0.1) is 0 Å². The van der Waals surface area contributed by atoms with E-state index in [1.165, 1.54) is 20.3 Å². The number of hydrogen-bond donors (Lipinski definition) is 3. The lowest BCUT2D eigenvalue weighted by molar-refractivity contribution is -0.141. The van der Waals surface area contributed by atoms with Gasteiger partial charge in [0.15, 0.2) is 0 Å². The van der Waals surface area contributed by atoms with Crippen LogP contribution in [0.15, 0.2) is 18.2 Å². The summed E-state index contributed by atoms with van der Waals surface area (Å²) < 4.78 is 10.0. The highest BCUT2D eigenvalue weighted by Crippen LogP contribution is 2.30. The molecule has 4 N–H and O–H groups in total. The Morgan fingerprint density at radius 2 is 2.00 bits per heavy atom. The molecule has 94 valence electrons. The van der Waals surface area contributed by atoms with Crippen LogP contribution in [0.2, 0.25) is 0 Å². The van der Waals surface area contributed by atoms with Crippen molar-refractivity contribution in [3.63, 3.8) is 0 Å². The van der Waals surface area contributed by atoms with Crippen LogP contribution in [0.1, 0.15) is 11.7 Å². The van der Waals surface area contributed by atoms with Crippen molar-refractivity contribution in [2.75, 3.05) is 14.2 Å². The van der Waals surface area contributed by atoms with Crippen LogP contribution in [0.4, 0.5) is 0 Å². The van der Waals surface area contributed by atoms with Gasteiger partial charge in [0.25, 0.3) is 0 Å². The number of ether oxygens (including phenoxy) is 2. The standard InChI is InChI=1S/C11H15NO5/c1-16-6-3-4-8(17-2)7(5-6)10(13)9(12)11(14)15/h3-5,9-10,13H,12H2,1-2H3,(H,14,15)/t9-,10+/m0/s1. The van der Waals surface area contributed by atoms with Gasteiger partial charge in [0.2, 0.25) is 0 Å². The maximum absolute atomic E-state index is 10.7. The van der Waals surface area contributed by atoms with Crippen LogP contribution < -0.4 is 15.2 Å². The molecule has 0 aliphatic carbocycles. The van der Waals surface area contributed by atoms with E-state index in [0.717, 1.165) is 0 Å². The highest BCUT2D eigenvalue weighted by molar-refractivity contribution is 5.74. The molecule has 0 heterocycles. The van der Waals surface area contributed by atoms with E-state index in [2.05, 4.69) is 0 Å². The zero-order chi connectivity index (χ0) is 13.0. The van der Waals surface area contributed by atoms with Crippen LogP contribution in [0.5, 0.6) is 11.5 Å². The number of carbonyl (C=O) groups is 1. The van der Waals surface area contributed by atoms with E-state index >= 15 is 0 Å². The third-order valence-corrected chi connectivity index (χ3v) is 2.38. The number of methoxy groups -OCH3 is 2. The molecule has 1 rings (SSSR count). The first-order valence-corrected chi connectivity index (χ1v) is 4.89. The molecule has 0 spiro atoms. The Morgan fingerprint density at radius 1 is 1.35 bits per heavy atom. The number of aliphatic hydroxyl groups is 1. The van der Waals surface area contributed by atoms with Crippen molar-refractivity contribution in [3.05, 3.63) is 23.8 Å². The minimum Gasteiger partial charge on any atom is -0.497 e. The molecule has 0 aliphatic rings. The second kappa shape index (κ2) is 5.51. The number of aliphatic carboxylic acids is 1. The lowest BCUT2D eigenvalue weighted by Gasteiger charge is -2.18. The molecule has 0 saturated heterocycles. The van der Waals surface area contributed by atoms with Gasteiger partial charge in [-0.2, -0.15) is 0 Å². The van der Waals surface area contributed by atoms with E-state index < -0.39 is 18.1 Å². The largest absolute Gasteiger partial charge is 0.497 e. The molecule has 17 heavy (non-hydrogen) atoms. The van der Waals surface area contributed by atoms with Gasteiger partial charge in [0.05, 0.1) is 14.2 Å². The van der Waals surface area contributed by atoms with E-state index in [1.54, 1.807) is 12.1 Å². The Balaban J connectivity index is 3.13. The summed E-state index contributed by atoms with van der Waals surface area (Å²) >= 11 is 0. The predicted molar refractivity (Wildman–Crippen MR) is 60.1 cm³/mol. The number of benzene rings is 1. The fourth-order valence-electron chi connectivity index (χ4n) is 1.40. The number of carboxylic acids is 1. The fourth-order valence-corrected chi connectivity index (χ4v) is 1.40. The van der Waals surface area contributed by atoms with Gasteiger partial charge in [-0.25, -0.2) is 0 Å². The summed E-state index contributed by atoms with van der Waals surface area (Å²) in [6, 6.07) is 3.29. The first kappa shape index (κ1) is 13.3. The van der Waals surface area contributed by atoms with Gasteiger partial charge >= 0.3 is 5.97 Å². The van der Waals surface area contributed by atoms with Crippen LogP contribution in [0, 0.1) is 0 Å². The first-order valence-electron chi connectivity index (χ1n) is 4.89. The lowest BCUT2D eigenvalue weighted by atomic mass is 10.0. The van der Waals surface area contributed by atoms with Crippen molar-refractivity contribution in [1.29, 1.82) is 0 Å². The van der Waals surface area contributed by atoms with E-state index in [4.69, 9.17) is 20.3 Å². The lowest BCUT2D eigenvalue weighted by Crippen LogP contribution is -2.36. The summed E-state index contributed by atoms with van der Waals surface area (Å²) in [5.41, 5.74) is 5.64. The van der Waals surface area contributed by atoms with Gasteiger partial charge in [0.1, 0.15) is 23.6 Å². The summed E-state index contributed by atoms with van der Waals surface area (Å²) in [7, 11) is 2.89. The molecule has 6 nitrogen and oxygen atoms in total. The van der Waals surface area contributed by atoms with Crippen LogP contribution in [-0.2, 0) is 4.79 Å². The van der Waals surface area contributed by atoms with Crippen molar-refractivity contribution in [1.82, 2.24) is 0 Å². The Kier molecular flexibility index (Phi) is 4.30. The van der Waals surface area contributed by atoms with Crippen molar-refractivity contribution in [3.8, 4) is 11.5 Å². The second-order valence-corrected chi connectivity index (χ2v) is 3.42. The third-order valence-electron chi connectivity index (χ3n) is 2.38. The fraction of sp³-hybridized carbons (Fsp3) is 0.364. The number of carboxylic acid groups (broad SMARTS) is 1. The summed E-state index contributed by atoms with van der Waals surface area (Å²) in [5, 5.41) is 18.6. The van der Waals surface area contributed by atoms with Crippen molar-refractivity contribution in [2.24, 2.45) is 5.73 Å². The number of aliphatic hydroxyl groups excluding tert-OH is 1. The van der Waals surface area contributed by atoms with Crippen LogP contribution >= 0.6 is 0 Å². The van der Waals surface area contributed by atoms with Gasteiger partial charge < -0.3 is 25.4 Å².